The first-order valence-corrected chi connectivity index (χ1v) is 15.6. The molecule has 47 heavy (non-hydrogen) atoms. The molecule has 4 aromatic rings. The quantitative estimate of drug-likeness (QED) is 0.0594. The lowest BCUT2D eigenvalue weighted by Crippen LogP contribution is -2.32. The van der Waals surface area contributed by atoms with Crippen LogP contribution in [0.15, 0.2) is 48.5 Å². The van der Waals surface area contributed by atoms with Crippen LogP contribution in [0.4, 0.5) is 34.9 Å². The number of halogens is 4. The van der Waals surface area contributed by atoms with E-state index in [1.165, 1.54) is 30.2 Å². The first kappa shape index (κ1) is 35.5. The topological polar surface area (TPSA) is 184 Å². The van der Waals surface area contributed by atoms with Gasteiger partial charge in [-0.05, 0) is 36.8 Å². The predicted molar refractivity (Wildman–Crippen MR) is 162 cm³/mol. The number of benzene rings is 2. The third-order valence-electron chi connectivity index (χ3n) is 6.43. The third kappa shape index (κ3) is 12.1. The fourth-order valence-corrected chi connectivity index (χ4v) is 4.65. The number of hydrogen-bond acceptors (Lipinski definition) is 10. The van der Waals surface area contributed by atoms with Crippen LogP contribution in [0.25, 0.3) is 10.9 Å². The first-order valence-electron chi connectivity index (χ1n) is 14.1. The maximum atomic E-state index is 13.4. The lowest BCUT2D eigenvalue weighted by atomic mass is 10.2. The Labute approximate surface area is 265 Å². The molecule has 2 aromatic heterocycles. The summed E-state index contributed by atoms with van der Waals surface area (Å²) in [6.45, 7) is -0.615. The zero-order chi connectivity index (χ0) is 34.0. The summed E-state index contributed by atoms with van der Waals surface area (Å²) >= 11 is 0. The highest BCUT2D eigenvalue weighted by molar-refractivity contribution is 7.46. The van der Waals surface area contributed by atoms with Crippen LogP contribution in [-0.2, 0) is 20.3 Å². The molecule has 1 amide bonds. The van der Waals surface area contributed by atoms with Crippen molar-refractivity contribution in [2.24, 2.45) is 0 Å². The van der Waals surface area contributed by atoms with Crippen LogP contribution >= 0.6 is 7.82 Å². The maximum Gasteiger partial charge on any atom is 0.469 e. The molecule has 2 heterocycles. The summed E-state index contributed by atoms with van der Waals surface area (Å²) < 4.78 is 77.9. The average Bonchev–Trinajstić information content (AvgIpc) is 3.42. The Morgan fingerprint density at radius 2 is 1.87 bits per heavy atom. The van der Waals surface area contributed by atoms with E-state index in [1.54, 1.807) is 30.3 Å². The van der Waals surface area contributed by atoms with E-state index >= 15 is 0 Å². The molecule has 0 saturated heterocycles. The van der Waals surface area contributed by atoms with Crippen LogP contribution in [0.2, 0.25) is 0 Å². The molecule has 0 aliphatic carbocycles. The number of carbonyl (C=O) groups excluding carboxylic acids is 1. The molecule has 4 rings (SSSR count). The molecular formula is C28H32F4N7O7P. The Bertz CT molecular complexity index is 1700. The van der Waals surface area contributed by atoms with Gasteiger partial charge in [-0.25, -0.2) is 8.96 Å². The van der Waals surface area contributed by atoms with Gasteiger partial charge < -0.3 is 34.8 Å². The van der Waals surface area contributed by atoms with Gasteiger partial charge in [-0.15, -0.1) is 0 Å². The molecule has 0 aliphatic rings. The molecule has 2 aromatic carbocycles. The molecule has 0 spiro atoms. The monoisotopic (exact) mass is 685 g/mol. The van der Waals surface area contributed by atoms with Crippen molar-refractivity contribution in [3.63, 3.8) is 0 Å². The second kappa shape index (κ2) is 16.0. The van der Waals surface area contributed by atoms with E-state index in [1.807, 2.05) is 0 Å². The summed E-state index contributed by atoms with van der Waals surface area (Å²) in [5, 5.41) is 13.2. The third-order valence-corrected chi connectivity index (χ3v) is 6.95. The summed E-state index contributed by atoms with van der Waals surface area (Å²) in [4.78, 5) is 40.1. The minimum atomic E-state index is -4.74. The number of anilines is 3. The van der Waals surface area contributed by atoms with E-state index in [9.17, 15) is 26.9 Å². The van der Waals surface area contributed by atoms with E-state index in [0.29, 0.717) is 46.1 Å². The smallest absolute Gasteiger partial charge is 0.469 e. The van der Waals surface area contributed by atoms with Crippen LogP contribution in [0, 0.1) is 5.82 Å². The molecule has 0 aliphatic heterocycles. The van der Waals surface area contributed by atoms with Crippen molar-refractivity contribution >= 4 is 42.0 Å². The Hall–Kier alpha value is -4.35. The summed E-state index contributed by atoms with van der Waals surface area (Å²) in [6.07, 6.45) is -5.21. The number of H-pyrrole nitrogens is 1. The highest BCUT2D eigenvalue weighted by atomic mass is 31.2. The minimum absolute atomic E-state index is 0.0419. The standard InChI is InChI=1S/C28H32F4N7O7P/c1-44-27-34-23-17-21(45-12-3-9-39(10-8-28(30,31)32)11-13-46-47(41,42)43)6-7-22(23)26(36-27)35-24-15-20(37-38-24)16-25(40)33-19-5-2-4-18(29)14-19/h2,4-7,14-15,17H,3,8-13,16H2,1H3,(H,33,40)(H2,41,42,43)(H2,34,35,36,37,38). The molecule has 0 radical (unpaired) electrons. The van der Waals surface area contributed by atoms with Gasteiger partial charge in [-0.2, -0.15) is 28.2 Å². The summed E-state index contributed by atoms with van der Waals surface area (Å²) in [6, 6.07) is 12.2. The lowest BCUT2D eigenvalue weighted by Gasteiger charge is -2.23. The van der Waals surface area contributed by atoms with Crippen molar-refractivity contribution in [1.82, 2.24) is 25.1 Å². The molecule has 14 nitrogen and oxygen atoms in total. The Balaban J connectivity index is 1.35. The molecular weight excluding hydrogens is 653 g/mol. The van der Waals surface area contributed by atoms with E-state index in [0.717, 1.165) is 0 Å². The number of rotatable bonds is 17. The molecule has 0 unspecified atom stereocenters. The molecule has 0 atom stereocenters. The number of ether oxygens (including phenoxy) is 2. The van der Waals surface area contributed by atoms with E-state index in [4.69, 9.17) is 19.3 Å². The fraction of sp³-hybridized carbons (Fsp3) is 0.357. The number of nitrogens with zero attached hydrogens (tertiary/aromatic N) is 4. The summed E-state index contributed by atoms with van der Waals surface area (Å²) in [7, 11) is -3.34. The second-order valence-corrected chi connectivity index (χ2v) is 11.3. The zero-order valence-corrected chi connectivity index (χ0v) is 25.9. The van der Waals surface area contributed by atoms with Crippen molar-refractivity contribution in [2.75, 3.05) is 50.6 Å². The number of aromatic amines is 1. The molecule has 0 saturated carbocycles. The van der Waals surface area contributed by atoms with Gasteiger partial charge in [0.25, 0.3) is 0 Å². The number of alkyl halides is 3. The van der Waals surface area contributed by atoms with Gasteiger partial charge in [-0.1, -0.05) is 6.07 Å². The van der Waals surface area contributed by atoms with Gasteiger partial charge in [0, 0.05) is 48.5 Å². The Morgan fingerprint density at radius 3 is 2.60 bits per heavy atom. The number of hydrogen-bond donors (Lipinski definition) is 5. The van der Waals surface area contributed by atoms with Crippen LogP contribution in [-0.4, -0.2) is 86.9 Å². The van der Waals surface area contributed by atoms with Gasteiger partial charge in [0.05, 0.1) is 38.7 Å². The summed E-state index contributed by atoms with van der Waals surface area (Å²) in [5.74, 6) is 0.261. The van der Waals surface area contributed by atoms with E-state index < -0.39 is 32.8 Å². The van der Waals surface area contributed by atoms with Crippen LogP contribution in [0.3, 0.4) is 0 Å². The molecule has 5 N–H and O–H groups in total. The largest absolute Gasteiger partial charge is 0.493 e. The van der Waals surface area contributed by atoms with Crippen LogP contribution < -0.4 is 20.1 Å². The van der Waals surface area contributed by atoms with Crippen molar-refractivity contribution < 1.29 is 50.7 Å². The number of aromatic nitrogens is 4. The average molecular weight is 686 g/mol. The van der Waals surface area contributed by atoms with Gasteiger partial charge in [0.1, 0.15) is 17.4 Å². The highest BCUT2D eigenvalue weighted by Crippen LogP contribution is 2.35. The Morgan fingerprint density at radius 1 is 1.06 bits per heavy atom. The number of phosphoric ester groups is 1. The van der Waals surface area contributed by atoms with Gasteiger partial charge >= 0.3 is 20.0 Å². The van der Waals surface area contributed by atoms with E-state index in [-0.39, 0.29) is 44.6 Å². The number of carbonyl (C=O) groups is 1. The van der Waals surface area contributed by atoms with Gasteiger partial charge in [-0.3, -0.25) is 14.4 Å². The second-order valence-electron chi connectivity index (χ2n) is 10.1. The van der Waals surface area contributed by atoms with E-state index in [2.05, 4.69) is 35.3 Å². The molecule has 0 bridgehead atoms. The number of methoxy groups -OCH3 is 1. The number of amides is 1. The van der Waals surface area contributed by atoms with Gasteiger partial charge in [0.2, 0.25) is 5.91 Å². The lowest BCUT2D eigenvalue weighted by molar-refractivity contribution is -0.138. The number of nitrogens with one attached hydrogen (secondary N) is 3. The normalized spacial score (nSPS) is 12.0. The SMILES string of the molecule is COc1nc(Nc2cc(CC(=O)Nc3cccc(F)c3)[nH]n2)c2ccc(OCCCN(CCOP(=O)(O)O)CCC(F)(F)F)cc2n1. The molecule has 254 valence electrons. The molecule has 0 fully saturated rings. The maximum absolute atomic E-state index is 13.4. The molecule has 19 heteroatoms. The number of phosphoric acid groups is 1. The minimum Gasteiger partial charge on any atom is -0.493 e. The summed E-state index contributed by atoms with van der Waals surface area (Å²) in [5.41, 5.74) is 1.25. The van der Waals surface area contributed by atoms with Crippen LogP contribution in [0.5, 0.6) is 11.8 Å². The Kier molecular flexibility index (Phi) is 12.1. The van der Waals surface area contributed by atoms with Crippen molar-refractivity contribution in [3.8, 4) is 11.8 Å². The highest BCUT2D eigenvalue weighted by Gasteiger charge is 2.28. The zero-order valence-electron chi connectivity index (χ0n) is 25.0. The van der Waals surface area contributed by atoms with Crippen molar-refractivity contribution in [1.29, 1.82) is 0 Å². The van der Waals surface area contributed by atoms with Gasteiger partial charge in [0.15, 0.2) is 5.82 Å². The predicted octanol–water partition coefficient (Wildman–Crippen LogP) is 4.56. The van der Waals surface area contributed by atoms with Crippen LogP contribution in [0.1, 0.15) is 18.5 Å². The van der Waals surface area contributed by atoms with Crippen molar-refractivity contribution in [3.05, 3.63) is 60.0 Å². The fourth-order valence-electron chi connectivity index (χ4n) is 4.33. The number of fused-ring (bicyclic) bond motifs is 1. The van der Waals surface area contributed by atoms with Crippen molar-refractivity contribution in [2.45, 2.75) is 25.4 Å². The first-order chi connectivity index (χ1) is 22.3.